The van der Waals surface area contributed by atoms with Gasteiger partial charge in [0.1, 0.15) is 5.82 Å². The van der Waals surface area contributed by atoms with E-state index >= 15 is 0 Å². The Balaban J connectivity index is 1.49. The minimum atomic E-state index is -3.70. The van der Waals surface area contributed by atoms with E-state index in [2.05, 4.69) is 5.32 Å². The van der Waals surface area contributed by atoms with Gasteiger partial charge in [0.15, 0.2) is 0 Å². The van der Waals surface area contributed by atoms with Crippen LogP contribution in [0.2, 0.25) is 0 Å². The first-order valence-corrected chi connectivity index (χ1v) is 11.1. The molecule has 0 bridgehead atoms. The molecule has 0 unspecified atom stereocenters. The van der Waals surface area contributed by atoms with Crippen molar-refractivity contribution in [3.63, 3.8) is 0 Å². The summed E-state index contributed by atoms with van der Waals surface area (Å²) in [5.41, 5.74) is 1.82. The van der Waals surface area contributed by atoms with Gasteiger partial charge in [-0.1, -0.05) is 24.3 Å². The Hall–Kier alpha value is -2.81. The van der Waals surface area contributed by atoms with Crippen LogP contribution in [0.5, 0.6) is 0 Å². The van der Waals surface area contributed by atoms with Crippen molar-refractivity contribution in [2.24, 2.45) is 5.14 Å². The molecule has 0 fully saturated rings. The summed E-state index contributed by atoms with van der Waals surface area (Å²) in [5.74, 6) is -0.495. The molecule has 0 aliphatic carbocycles. The Morgan fingerprint density at radius 1 is 1.03 bits per heavy atom. The van der Waals surface area contributed by atoms with E-state index in [1.807, 2.05) is 12.1 Å². The molecule has 3 aromatic rings. The molecule has 1 heterocycles. The van der Waals surface area contributed by atoms with E-state index in [-0.39, 0.29) is 16.6 Å². The van der Waals surface area contributed by atoms with Gasteiger partial charge in [0.2, 0.25) is 15.9 Å². The summed E-state index contributed by atoms with van der Waals surface area (Å²) in [6, 6.07) is 16.3. The molecular formula is C21H19FN2O3S2. The topological polar surface area (TPSA) is 89.3 Å². The number of sulfonamides is 1. The maximum absolute atomic E-state index is 13.0. The van der Waals surface area contributed by atoms with Crippen molar-refractivity contribution in [3.8, 4) is 10.4 Å². The molecule has 150 valence electrons. The Labute approximate surface area is 172 Å². The van der Waals surface area contributed by atoms with Crippen LogP contribution < -0.4 is 10.5 Å². The summed E-state index contributed by atoms with van der Waals surface area (Å²) in [7, 11) is -3.70. The number of hydrogen-bond acceptors (Lipinski definition) is 4. The quantitative estimate of drug-likeness (QED) is 0.562. The zero-order valence-corrected chi connectivity index (χ0v) is 17.0. The Kier molecular flexibility index (Phi) is 6.58. The molecule has 5 nitrogen and oxygen atoms in total. The van der Waals surface area contributed by atoms with Crippen molar-refractivity contribution in [2.45, 2.75) is 11.3 Å². The van der Waals surface area contributed by atoms with Gasteiger partial charge in [0.05, 0.1) is 4.90 Å². The summed E-state index contributed by atoms with van der Waals surface area (Å²) in [6.45, 7) is 0.420. The summed E-state index contributed by atoms with van der Waals surface area (Å²) in [6.07, 6.45) is 3.76. The number of carbonyl (C=O) groups is 1. The van der Waals surface area contributed by atoms with Gasteiger partial charge in [-0.2, -0.15) is 0 Å². The summed E-state index contributed by atoms with van der Waals surface area (Å²) in [5, 5.41) is 7.85. The summed E-state index contributed by atoms with van der Waals surface area (Å²) < 4.78 is 35.5. The molecular weight excluding hydrogens is 411 g/mol. The Morgan fingerprint density at radius 2 is 1.72 bits per heavy atom. The van der Waals surface area contributed by atoms with Gasteiger partial charge in [0.25, 0.3) is 0 Å². The predicted octanol–water partition coefficient (Wildman–Crippen LogP) is 3.57. The third kappa shape index (κ3) is 6.08. The van der Waals surface area contributed by atoms with Gasteiger partial charge in [-0.25, -0.2) is 17.9 Å². The summed E-state index contributed by atoms with van der Waals surface area (Å²) in [4.78, 5) is 13.9. The zero-order chi connectivity index (χ0) is 20.9. The number of hydrogen-bond donors (Lipinski definition) is 2. The van der Waals surface area contributed by atoms with Crippen LogP contribution in [-0.4, -0.2) is 20.9 Å². The van der Waals surface area contributed by atoms with Gasteiger partial charge in [-0.15, -0.1) is 11.3 Å². The highest BCUT2D eigenvalue weighted by Crippen LogP contribution is 2.28. The van der Waals surface area contributed by atoms with E-state index in [4.69, 9.17) is 5.14 Å². The number of benzene rings is 2. The second-order valence-electron chi connectivity index (χ2n) is 6.27. The van der Waals surface area contributed by atoms with Gasteiger partial charge in [0, 0.05) is 22.4 Å². The van der Waals surface area contributed by atoms with Crippen LogP contribution in [0.3, 0.4) is 0 Å². The van der Waals surface area contributed by atoms with E-state index in [1.54, 1.807) is 30.3 Å². The third-order valence-corrected chi connectivity index (χ3v) is 6.15. The highest BCUT2D eigenvalue weighted by Gasteiger charge is 2.07. The lowest BCUT2D eigenvalue weighted by atomic mass is 10.1. The molecule has 0 aliphatic heterocycles. The van der Waals surface area contributed by atoms with E-state index < -0.39 is 10.0 Å². The molecule has 1 amide bonds. The third-order valence-electron chi connectivity index (χ3n) is 4.12. The minimum Gasteiger partial charge on any atom is -0.352 e. The van der Waals surface area contributed by atoms with Crippen molar-refractivity contribution in [2.75, 3.05) is 6.54 Å². The van der Waals surface area contributed by atoms with Crippen LogP contribution in [0.15, 0.2) is 71.6 Å². The fourth-order valence-electron chi connectivity index (χ4n) is 2.60. The standard InChI is InChI=1S/C21H19FN2O3S2/c22-17-5-3-16(4-6-17)20-11-7-18(28-20)8-12-21(25)24-14-13-15-1-9-19(10-2-15)29(23,26)27/h1-12H,13-14H2,(H,24,25)(H2,23,26,27)/b12-8+. The summed E-state index contributed by atoms with van der Waals surface area (Å²) >= 11 is 1.51. The second-order valence-corrected chi connectivity index (χ2v) is 8.95. The van der Waals surface area contributed by atoms with Crippen LogP contribution >= 0.6 is 11.3 Å². The molecule has 3 N–H and O–H groups in total. The first-order chi connectivity index (χ1) is 13.8. The zero-order valence-electron chi connectivity index (χ0n) is 15.3. The molecule has 0 saturated heterocycles. The molecule has 1 aromatic heterocycles. The smallest absolute Gasteiger partial charge is 0.244 e. The van der Waals surface area contributed by atoms with Crippen molar-refractivity contribution < 1.29 is 17.6 Å². The molecule has 0 aliphatic rings. The Bertz CT molecular complexity index is 1120. The highest BCUT2D eigenvalue weighted by molar-refractivity contribution is 7.89. The molecule has 0 spiro atoms. The lowest BCUT2D eigenvalue weighted by Crippen LogP contribution is -2.23. The molecule has 0 saturated carbocycles. The maximum Gasteiger partial charge on any atom is 0.244 e. The van der Waals surface area contributed by atoms with Crippen molar-refractivity contribution in [1.29, 1.82) is 0 Å². The van der Waals surface area contributed by atoms with E-state index in [0.29, 0.717) is 13.0 Å². The molecule has 0 radical (unpaired) electrons. The molecule has 8 heteroatoms. The van der Waals surface area contributed by atoms with Gasteiger partial charge in [-0.3, -0.25) is 4.79 Å². The largest absolute Gasteiger partial charge is 0.352 e. The number of nitrogens with one attached hydrogen (secondary N) is 1. The lowest BCUT2D eigenvalue weighted by Gasteiger charge is -2.04. The average molecular weight is 431 g/mol. The van der Waals surface area contributed by atoms with Gasteiger partial charge < -0.3 is 5.32 Å². The van der Waals surface area contributed by atoms with E-state index in [1.165, 1.54) is 41.7 Å². The van der Waals surface area contributed by atoms with Crippen molar-refractivity contribution in [1.82, 2.24) is 5.32 Å². The minimum absolute atomic E-state index is 0.0594. The first kappa shape index (κ1) is 20.9. The second kappa shape index (κ2) is 9.13. The monoisotopic (exact) mass is 430 g/mol. The molecule has 2 aromatic carbocycles. The van der Waals surface area contributed by atoms with Crippen LogP contribution in [0.25, 0.3) is 16.5 Å². The van der Waals surface area contributed by atoms with Crippen LogP contribution in [0.4, 0.5) is 4.39 Å². The lowest BCUT2D eigenvalue weighted by molar-refractivity contribution is -0.116. The highest BCUT2D eigenvalue weighted by atomic mass is 32.2. The van der Waals surface area contributed by atoms with Gasteiger partial charge >= 0.3 is 0 Å². The molecule has 29 heavy (non-hydrogen) atoms. The maximum atomic E-state index is 13.0. The van der Waals surface area contributed by atoms with Gasteiger partial charge in [-0.05, 0) is 60.0 Å². The van der Waals surface area contributed by atoms with Crippen LogP contribution in [0.1, 0.15) is 10.4 Å². The Morgan fingerprint density at radius 3 is 2.38 bits per heavy atom. The molecule has 3 rings (SSSR count). The van der Waals surface area contributed by atoms with E-state index in [0.717, 1.165) is 20.9 Å². The predicted molar refractivity (Wildman–Crippen MR) is 113 cm³/mol. The SMILES string of the molecule is NS(=O)(=O)c1ccc(CCNC(=O)/C=C/c2ccc(-c3ccc(F)cc3)s2)cc1. The number of nitrogens with two attached hydrogens (primary N) is 1. The number of thiophene rings is 1. The first-order valence-electron chi connectivity index (χ1n) is 8.75. The normalized spacial score (nSPS) is 11.7. The van der Waals surface area contributed by atoms with Crippen molar-refractivity contribution in [3.05, 3.63) is 83.0 Å². The average Bonchev–Trinajstić information content (AvgIpc) is 3.16. The molecule has 0 atom stereocenters. The number of carbonyl (C=O) groups excluding carboxylic acids is 1. The van der Waals surface area contributed by atoms with Crippen molar-refractivity contribution >= 4 is 33.3 Å². The van der Waals surface area contributed by atoms with Crippen LogP contribution in [-0.2, 0) is 21.2 Å². The number of amides is 1. The van der Waals surface area contributed by atoms with Crippen LogP contribution in [0, 0.1) is 5.82 Å². The fraction of sp³-hybridized carbons (Fsp3) is 0.0952. The number of primary sulfonamides is 1. The fourth-order valence-corrected chi connectivity index (χ4v) is 4.04. The van der Waals surface area contributed by atoms with E-state index in [9.17, 15) is 17.6 Å². The number of halogens is 1. The number of rotatable bonds is 7.